The summed E-state index contributed by atoms with van der Waals surface area (Å²) in [5, 5.41) is 36.6. The van der Waals surface area contributed by atoms with E-state index >= 15 is 0 Å². The molecule has 1 aromatic heterocycles. The maximum Gasteiger partial charge on any atom is 0.260 e. The fourth-order valence-electron chi connectivity index (χ4n) is 1.15. The van der Waals surface area contributed by atoms with Crippen LogP contribution >= 0.6 is 0 Å². The highest BCUT2D eigenvalue weighted by Gasteiger charge is 2.24. The molecule has 0 bridgehead atoms. The molecule has 0 saturated heterocycles. The molecule has 0 fully saturated rings. The van der Waals surface area contributed by atoms with Gasteiger partial charge in [-0.2, -0.15) is 0 Å². The number of hydrogen-bond donors (Lipinski definition) is 5. The molecule has 1 heterocycles. The van der Waals surface area contributed by atoms with Gasteiger partial charge in [0.1, 0.15) is 11.7 Å². The molecule has 0 aliphatic heterocycles. The first-order chi connectivity index (χ1) is 7.07. The van der Waals surface area contributed by atoms with Gasteiger partial charge in [-0.1, -0.05) is 0 Å². The average molecular weight is 216 g/mol. The maximum atomic E-state index is 11.2. The number of H-pyrrole nitrogens is 1. The predicted molar refractivity (Wildman–Crippen MR) is 49.2 cm³/mol. The molecular weight excluding hydrogens is 204 g/mol. The summed E-state index contributed by atoms with van der Waals surface area (Å²) in [6.07, 6.45) is -2.03. The maximum absolute atomic E-state index is 11.2. The number of aromatic amines is 1. The van der Waals surface area contributed by atoms with E-state index in [2.05, 4.69) is 9.97 Å². The molecule has 0 aromatic carbocycles. The van der Waals surface area contributed by atoms with Crippen LogP contribution in [0.1, 0.15) is 18.1 Å². The zero-order chi connectivity index (χ0) is 11.4. The highest BCUT2D eigenvalue weighted by molar-refractivity contribution is 5.24. The Morgan fingerprint density at radius 1 is 1.47 bits per heavy atom. The van der Waals surface area contributed by atoms with Crippen molar-refractivity contribution in [2.75, 3.05) is 6.61 Å². The summed E-state index contributed by atoms with van der Waals surface area (Å²) in [7, 11) is 0. The van der Waals surface area contributed by atoms with Gasteiger partial charge in [-0.3, -0.25) is 4.79 Å². The minimum atomic E-state index is -1.57. The number of nitrogens with zero attached hydrogens (tertiary/aromatic N) is 1. The van der Waals surface area contributed by atoms with E-state index in [1.54, 1.807) is 0 Å². The van der Waals surface area contributed by atoms with Gasteiger partial charge in [0, 0.05) is 6.61 Å². The number of hydrogen-bond acceptors (Lipinski definition) is 6. The van der Waals surface area contributed by atoms with Crippen LogP contribution in [0.5, 0.6) is 5.88 Å². The minimum absolute atomic E-state index is 0.102. The van der Waals surface area contributed by atoms with E-state index in [1.165, 1.54) is 0 Å². The summed E-state index contributed by atoms with van der Waals surface area (Å²) in [5.41, 5.74) is -1.13. The van der Waals surface area contributed by atoms with Crippen molar-refractivity contribution in [1.82, 2.24) is 9.97 Å². The van der Waals surface area contributed by atoms with E-state index in [-0.39, 0.29) is 13.0 Å². The fourth-order valence-corrected chi connectivity index (χ4v) is 1.15. The number of nitrogens with one attached hydrogen (secondary N) is 1. The van der Waals surface area contributed by atoms with E-state index < -0.39 is 29.2 Å². The van der Waals surface area contributed by atoms with E-state index in [0.29, 0.717) is 0 Å². The zero-order valence-electron chi connectivity index (χ0n) is 7.79. The molecule has 0 saturated carbocycles. The molecule has 15 heavy (non-hydrogen) atoms. The first-order valence-electron chi connectivity index (χ1n) is 4.31. The van der Waals surface area contributed by atoms with Crippen molar-refractivity contribution in [2.24, 2.45) is 0 Å². The van der Waals surface area contributed by atoms with Gasteiger partial charge in [-0.05, 0) is 6.42 Å². The second kappa shape index (κ2) is 4.87. The molecule has 2 atom stereocenters. The van der Waals surface area contributed by atoms with E-state index in [0.717, 1.165) is 6.33 Å². The Labute approximate surface area is 84.7 Å². The van der Waals surface area contributed by atoms with Crippen LogP contribution in [0, 0.1) is 0 Å². The Morgan fingerprint density at radius 3 is 2.67 bits per heavy atom. The lowest BCUT2D eigenvalue weighted by Gasteiger charge is -2.16. The lowest BCUT2D eigenvalue weighted by molar-refractivity contribution is 0.00191. The molecule has 0 radical (unpaired) electrons. The lowest BCUT2D eigenvalue weighted by Crippen LogP contribution is -2.26. The Bertz CT molecular complexity index is 378. The molecule has 1 rings (SSSR count). The van der Waals surface area contributed by atoms with Gasteiger partial charge in [0.2, 0.25) is 5.88 Å². The second-order valence-corrected chi connectivity index (χ2v) is 2.99. The quantitative estimate of drug-likeness (QED) is 0.406. The van der Waals surface area contributed by atoms with Crippen molar-refractivity contribution < 1.29 is 20.4 Å². The number of aliphatic hydroxyl groups is 3. The van der Waals surface area contributed by atoms with Crippen molar-refractivity contribution in [3.63, 3.8) is 0 Å². The molecule has 7 nitrogen and oxygen atoms in total. The Kier molecular flexibility index (Phi) is 3.78. The molecule has 0 aliphatic rings. The number of rotatable bonds is 4. The van der Waals surface area contributed by atoms with Gasteiger partial charge >= 0.3 is 0 Å². The van der Waals surface area contributed by atoms with Crippen LogP contribution in [0.4, 0.5) is 0 Å². The summed E-state index contributed by atoms with van der Waals surface area (Å²) in [5.74, 6) is -0.636. The van der Waals surface area contributed by atoms with Gasteiger partial charge < -0.3 is 25.4 Å². The Morgan fingerprint density at radius 2 is 2.13 bits per heavy atom. The van der Waals surface area contributed by atoms with Crippen molar-refractivity contribution in [2.45, 2.75) is 18.6 Å². The summed E-state index contributed by atoms with van der Waals surface area (Å²) in [6.45, 7) is -0.336. The van der Waals surface area contributed by atoms with E-state index in [9.17, 15) is 20.1 Å². The third-order valence-corrected chi connectivity index (χ3v) is 1.95. The molecule has 2 unspecified atom stereocenters. The number of aromatic nitrogens is 2. The molecule has 7 heteroatoms. The predicted octanol–water partition coefficient (Wildman–Crippen LogP) is -1.75. The van der Waals surface area contributed by atoms with Crippen molar-refractivity contribution in [3.05, 3.63) is 22.2 Å². The van der Waals surface area contributed by atoms with Gasteiger partial charge in [0.15, 0.2) is 0 Å². The van der Waals surface area contributed by atoms with Gasteiger partial charge in [-0.25, -0.2) is 4.98 Å². The summed E-state index contributed by atoms with van der Waals surface area (Å²) in [6, 6.07) is 0. The number of aliphatic hydroxyl groups excluding tert-OH is 3. The van der Waals surface area contributed by atoms with Crippen LogP contribution in [0.15, 0.2) is 11.1 Å². The van der Waals surface area contributed by atoms with Gasteiger partial charge in [-0.15, -0.1) is 0 Å². The standard InChI is InChI=1S/C8H12N2O5/c11-2-1-4(12)6(13)5-7(14)9-3-10-8(5)15/h3-4,6,11-13H,1-2H2,(H2,9,10,14,15). The van der Waals surface area contributed by atoms with E-state index in [4.69, 9.17) is 5.11 Å². The first-order valence-corrected chi connectivity index (χ1v) is 4.31. The fraction of sp³-hybridized carbons (Fsp3) is 0.500. The largest absolute Gasteiger partial charge is 0.493 e. The molecule has 0 amide bonds. The third kappa shape index (κ3) is 2.52. The summed E-state index contributed by atoms with van der Waals surface area (Å²) >= 11 is 0. The summed E-state index contributed by atoms with van der Waals surface area (Å²) < 4.78 is 0. The van der Waals surface area contributed by atoms with Crippen LogP contribution in [-0.4, -0.2) is 43.1 Å². The first kappa shape index (κ1) is 11.6. The monoisotopic (exact) mass is 216 g/mol. The molecule has 1 aromatic rings. The van der Waals surface area contributed by atoms with Crippen LogP contribution in [0.2, 0.25) is 0 Å². The smallest absolute Gasteiger partial charge is 0.260 e. The zero-order valence-corrected chi connectivity index (χ0v) is 7.79. The highest BCUT2D eigenvalue weighted by Crippen LogP contribution is 2.21. The summed E-state index contributed by atoms with van der Waals surface area (Å²) in [4.78, 5) is 16.7. The van der Waals surface area contributed by atoms with Crippen molar-refractivity contribution in [3.8, 4) is 5.88 Å². The normalized spacial score (nSPS) is 14.9. The highest BCUT2D eigenvalue weighted by atomic mass is 16.3. The Balaban J connectivity index is 3.00. The average Bonchev–Trinajstić information content (AvgIpc) is 2.17. The van der Waals surface area contributed by atoms with Crippen LogP contribution in [0.25, 0.3) is 0 Å². The van der Waals surface area contributed by atoms with Gasteiger partial charge in [0.05, 0.1) is 12.4 Å². The van der Waals surface area contributed by atoms with Crippen LogP contribution in [-0.2, 0) is 0 Å². The Hall–Kier alpha value is -1.44. The molecular formula is C8H12N2O5. The van der Waals surface area contributed by atoms with Crippen LogP contribution < -0.4 is 5.56 Å². The van der Waals surface area contributed by atoms with Crippen molar-refractivity contribution >= 4 is 0 Å². The molecule has 5 N–H and O–H groups in total. The molecule has 84 valence electrons. The molecule has 0 aliphatic carbocycles. The number of aromatic hydroxyl groups is 1. The van der Waals surface area contributed by atoms with E-state index in [1.807, 2.05) is 0 Å². The second-order valence-electron chi connectivity index (χ2n) is 2.99. The third-order valence-electron chi connectivity index (χ3n) is 1.95. The van der Waals surface area contributed by atoms with Gasteiger partial charge in [0.25, 0.3) is 5.56 Å². The van der Waals surface area contributed by atoms with Crippen LogP contribution in [0.3, 0.4) is 0 Å². The topological polar surface area (TPSA) is 127 Å². The lowest BCUT2D eigenvalue weighted by atomic mass is 10.0. The minimum Gasteiger partial charge on any atom is -0.493 e. The molecule has 0 spiro atoms. The van der Waals surface area contributed by atoms with Crippen molar-refractivity contribution in [1.29, 1.82) is 0 Å². The SMILES string of the molecule is O=c1[nH]cnc(O)c1C(O)C(O)CCO.